The van der Waals surface area contributed by atoms with E-state index in [0.29, 0.717) is 12.4 Å². The molecular formula is C12H21N5O3. The van der Waals surface area contributed by atoms with Crippen molar-refractivity contribution in [2.24, 2.45) is 5.73 Å². The highest BCUT2D eigenvalue weighted by atomic mass is 16.6. The largest absolute Gasteiger partial charge is 0.381 e. The molecular weight excluding hydrogens is 262 g/mol. The molecule has 0 aliphatic carbocycles. The Balaban J connectivity index is 2.78. The maximum atomic E-state index is 12.1. The molecule has 0 spiro atoms. The minimum absolute atomic E-state index is 0.00553. The zero-order valence-electron chi connectivity index (χ0n) is 12.0. The second-order valence-electron chi connectivity index (χ2n) is 4.77. The van der Waals surface area contributed by atoms with Gasteiger partial charge in [0.05, 0.1) is 5.54 Å². The van der Waals surface area contributed by atoms with Gasteiger partial charge in [-0.1, -0.05) is 13.8 Å². The van der Waals surface area contributed by atoms with Crippen LogP contribution in [0.3, 0.4) is 0 Å². The summed E-state index contributed by atoms with van der Waals surface area (Å²) in [6.07, 6.45) is 2.72. The molecule has 3 N–H and O–H groups in total. The Morgan fingerprint density at radius 2 is 2.15 bits per heavy atom. The van der Waals surface area contributed by atoms with Gasteiger partial charge >= 0.3 is 5.82 Å². The van der Waals surface area contributed by atoms with Crippen LogP contribution in [-0.4, -0.2) is 32.5 Å². The number of nitro groups is 1. The van der Waals surface area contributed by atoms with Gasteiger partial charge in [-0.15, -0.1) is 0 Å². The third-order valence-corrected chi connectivity index (χ3v) is 3.61. The molecule has 0 saturated heterocycles. The summed E-state index contributed by atoms with van der Waals surface area (Å²) in [4.78, 5) is 25.9. The molecule has 1 amide bonds. The molecule has 0 saturated carbocycles. The van der Waals surface area contributed by atoms with Crippen LogP contribution in [0.1, 0.15) is 32.5 Å². The zero-order valence-corrected chi connectivity index (χ0v) is 12.0. The second kappa shape index (κ2) is 6.47. The molecule has 8 nitrogen and oxygen atoms in total. The van der Waals surface area contributed by atoms with Crippen molar-refractivity contribution in [2.75, 3.05) is 6.54 Å². The van der Waals surface area contributed by atoms with Crippen molar-refractivity contribution >= 4 is 11.7 Å². The number of hydrogen-bond donors (Lipinski definition) is 2. The quantitative estimate of drug-likeness (QED) is 0.565. The van der Waals surface area contributed by atoms with E-state index in [9.17, 15) is 14.9 Å². The van der Waals surface area contributed by atoms with Crippen LogP contribution in [0.2, 0.25) is 0 Å². The summed E-state index contributed by atoms with van der Waals surface area (Å²) in [6.45, 7) is 5.90. The lowest BCUT2D eigenvalue weighted by Gasteiger charge is -2.31. The Bertz CT molecular complexity index is 485. The van der Waals surface area contributed by atoms with Crippen LogP contribution in [0, 0.1) is 17.0 Å². The van der Waals surface area contributed by atoms with Crippen molar-refractivity contribution in [3.63, 3.8) is 0 Å². The number of nitrogens with zero attached hydrogens (tertiary/aromatic N) is 3. The first-order chi connectivity index (χ1) is 9.37. The monoisotopic (exact) mass is 283 g/mol. The molecule has 112 valence electrons. The molecule has 1 heterocycles. The smallest absolute Gasteiger partial charge is 0.358 e. The Morgan fingerprint density at radius 1 is 1.55 bits per heavy atom. The maximum Gasteiger partial charge on any atom is 0.381 e. The van der Waals surface area contributed by atoms with Gasteiger partial charge in [0.15, 0.2) is 0 Å². The molecule has 0 atom stereocenters. The minimum atomic E-state index is -0.580. The van der Waals surface area contributed by atoms with Crippen LogP contribution in [0.4, 0.5) is 5.82 Å². The molecule has 20 heavy (non-hydrogen) atoms. The van der Waals surface area contributed by atoms with Crippen molar-refractivity contribution in [1.82, 2.24) is 14.9 Å². The van der Waals surface area contributed by atoms with Crippen molar-refractivity contribution in [3.05, 3.63) is 22.1 Å². The lowest BCUT2D eigenvalue weighted by Crippen LogP contribution is -2.53. The van der Waals surface area contributed by atoms with Crippen LogP contribution >= 0.6 is 0 Å². The maximum absolute atomic E-state index is 12.1. The first kappa shape index (κ1) is 16.1. The van der Waals surface area contributed by atoms with E-state index in [4.69, 9.17) is 5.73 Å². The molecule has 0 aliphatic rings. The van der Waals surface area contributed by atoms with Gasteiger partial charge < -0.3 is 21.2 Å². The number of nitrogens with two attached hydrogens (primary N) is 1. The number of hydrogen-bond acceptors (Lipinski definition) is 5. The highest BCUT2D eigenvalue weighted by molar-refractivity contribution is 5.76. The van der Waals surface area contributed by atoms with Crippen LogP contribution in [0.15, 0.2) is 6.20 Å². The van der Waals surface area contributed by atoms with E-state index in [0.717, 1.165) is 12.8 Å². The highest BCUT2D eigenvalue weighted by Crippen LogP contribution is 2.14. The van der Waals surface area contributed by atoms with Gasteiger partial charge in [0, 0.05) is 13.5 Å². The lowest BCUT2D eigenvalue weighted by atomic mass is 9.93. The van der Waals surface area contributed by atoms with Gasteiger partial charge in [0.2, 0.25) is 11.7 Å². The second-order valence-corrected chi connectivity index (χ2v) is 4.77. The van der Waals surface area contributed by atoms with E-state index in [2.05, 4.69) is 10.3 Å². The summed E-state index contributed by atoms with van der Waals surface area (Å²) < 4.78 is 1.46. The highest BCUT2D eigenvalue weighted by Gasteiger charge is 2.27. The summed E-state index contributed by atoms with van der Waals surface area (Å²) in [6, 6.07) is 0. The summed E-state index contributed by atoms with van der Waals surface area (Å²) >= 11 is 0. The SMILES string of the molecule is CCC(CC)(CN)NC(=O)Cn1cc([N+](=O)[O-])nc1C. The van der Waals surface area contributed by atoms with E-state index in [1.807, 2.05) is 13.8 Å². The number of aryl methyl sites for hydroxylation is 1. The van der Waals surface area contributed by atoms with Gasteiger partial charge in [0.25, 0.3) is 0 Å². The van der Waals surface area contributed by atoms with Gasteiger partial charge in [-0.25, -0.2) is 0 Å². The van der Waals surface area contributed by atoms with Crippen molar-refractivity contribution < 1.29 is 9.72 Å². The fourth-order valence-corrected chi connectivity index (χ4v) is 2.00. The molecule has 1 aromatic rings. The molecule has 8 heteroatoms. The van der Waals surface area contributed by atoms with Crippen LogP contribution < -0.4 is 11.1 Å². The molecule has 0 fully saturated rings. The summed E-state index contributed by atoms with van der Waals surface area (Å²) in [5, 5.41) is 13.5. The van der Waals surface area contributed by atoms with Crippen LogP contribution in [0.5, 0.6) is 0 Å². The fourth-order valence-electron chi connectivity index (χ4n) is 2.00. The van der Waals surface area contributed by atoms with E-state index in [-0.39, 0.29) is 18.3 Å². The molecule has 0 bridgehead atoms. The average molecular weight is 283 g/mol. The van der Waals surface area contributed by atoms with Crippen LogP contribution in [-0.2, 0) is 11.3 Å². The Hall–Kier alpha value is -1.96. The number of aromatic nitrogens is 2. The predicted octanol–water partition coefficient (Wildman–Crippen LogP) is 0.733. The lowest BCUT2D eigenvalue weighted by molar-refractivity contribution is -0.389. The van der Waals surface area contributed by atoms with Crippen molar-refractivity contribution in [3.8, 4) is 0 Å². The topological polar surface area (TPSA) is 116 Å². The Morgan fingerprint density at radius 3 is 2.55 bits per heavy atom. The van der Waals surface area contributed by atoms with Gasteiger partial charge in [0.1, 0.15) is 12.7 Å². The van der Waals surface area contributed by atoms with E-state index in [1.54, 1.807) is 6.92 Å². The van der Waals surface area contributed by atoms with Crippen molar-refractivity contribution in [1.29, 1.82) is 0 Å². The standard InChI is InChI=1S/C12H21N5O3/c1-4-12(5-2,8-13)15-11(18)7-16-6-10(17(19)20)14-9(16)3/h6H,4-5,7-8,13H2,1-3H3,(H,15,18). The number of rotatable bonds is 7. The molecule has 1 rings (SSSR count). The normalized spacial score (nSPS) is 11.4. The number of carbonyl (C=O) groups is 1. The molecule has 0 radical (unpaired) electrons. The average Bonchev–Trinajstić information content (AvgIpc) is 2.78. The summed E-state index contributed by atoms with van der Waals surface area (Å²) in [5.41, 5.74) is 5.30. The third-order valence-electron chi connectivity index (χ3n) is 3.61. The molecule has 1 aromatic heterocycles. The van der Waals surface area contributed by atoms with Gasteiger partial charge in [-0.05, 0) is 22.7 Å². The third kappa shape index (κ3) is 3.53. The summed E-state index contributed by atoms with van der Waals surface area (Å²) in [5.74, 6) is -0.0564. The first-order valence-corrected chi connectivity index (χ1v) is 6.56. The minimum Gasteiger partial charge on any atom is -0.358 e. The first-order valence-electron chi connectivity index (χ1n) is 6.56. The summed E-state index contributed by atoms with van der Waals surface area (Å²) in [7, 11) is 0. The van der Waals surface area contributed by atoms with Gasteiger partial charge in [-0.3, -0.25) is 9.36 Å². The molecule has 0 aromatic carbocycles. The van der Waals surface area contributed by atoms with E-state index >= 15 is 0 Å². The van der Waals surface area contributed by atoms with Crippen LogP contribution in [0.25, 0.3) is 0 Å². The zero-order chi connectivity index (χ0) is 15.3. The van der Waals surface area contributed by atoms with E-state index < -0.39 is 10.5 Å². The number of amides is 1. The molecule has 0 aliphatic heterocycles. The fraction of sp³-hybridized carbons (Fsp3) is 0.667. The number of imidazole rings is 1. The van der Waals surface area contributed by atoms with E-state index in [1.165, 1.54) is 10.8 Å². The number of nitrogens with one attached hydrogen (secondary N) is 1. The van der Waals surface area contributed by atoms with Crippen molar-refractivity contribution in [2.45, 2.75) is 45.7 Å². The van der Waals surface area contributed by atoms with Gasteiger partial charge in [-0.2, -0.15) is 0 Å². The molecule has 0 unspecified atom stereocenters. The number of carbonyl (C=O) groups excluding carboxylic acids is 1. The predicted molar refractivity (Wildman–Crippen MR) is 74.1 cm³/mol. The Kier molecular flexibility index (Phi) is 5.20. The Labute approximate surface area is 117 Å².